The molecule has 0 aromatic heterocycles. The minimum atomic E-state index is -3.67. The molecule has 23 heteroatoms. The predicted molar refractivity (Wildman–Crippen MR) is 280 cm³/mol. The van der Waals surface area contributed by atoms with Gasteiger partial charge in [-0.25, -0.2) is 9.59 Å². The normalized spacial score (nSPS) is 27.5. The summed E-state index contributed by atoms with van der Waals surface area (Å²) >= 11 is 0. The van der Waals surface area contributed by atoms with Crippen LogP contribution in [0.2, 0.25) is 0 Å². The molecule has 1 saturated heterocycles. The van der Waals surface area contributed by atoms with Crippen LogP contribution in [0.1, 0.15) is 86.7 Å². The van der Waals surface area contributed by atoms with Gasteiger partial charge in [0.2, 0.25) is 6.10 Å². The van der Waals surface area contributed by atoms with Crippen molar-refractivity contribution in [1.29, 1.82) is 0 Å². The number of fused-ring (bicyclic) bond motifs is 5. The largest absolute Gasteiger partial charge is 0.460 e. The quantitative estimate of drug-likeness (QED) is 0.0801. The second-order valence-corrected chi connectivity index (χ2v) is 23.0. The van der Waals surface area contributed by atoms with Crippen molar-refractivity contribution in [2.75, 3.05) is 54.1 Å². The number of ketones is 1. The van der Waals surface area contributed by atoms with E-state index in [0.29, 0.717) is 11.8 Å². The van der Waals surface area contributed by atoms with Gasteiger partial charge in [0.15, 0.2) is 17.5 Å². The zero-order chi connectivity index (χ0) is 58.6. The van der Waals surface area contributed by atoms with E-state index in [9.17, 15) is 42.3 Å². The summed E-state index contributed by atoms with van der Waals surface area (Å²) in [6, 6.07) is 22.9. The number of carbonyl (C=O) groups excluding carboxylic acids is 8. The van der Waals surface area contributed by atoms with E-state index < -0.39 is 135 Å². The molecule has 4 aliphatic rings. The molecule has 1 heterocycles. The summed E-state index contributed by atoms with van der Waals surface area (Å²) < 4.78 is 69.4. The van der Waals surface area contributed by atoms with Gasteiger partial charge in [-0.05, 0) is 83.0 Å². The average molecular weight is 1120 g/mol. The first-order valence-electron chi connectivity index (χ1n) is 25.3. The zero-order valence-corrected chi connectivity index (χ0v) is 46.8. The fourth-order valence-corrected chi connectivity index (χ4v) is 11.3. The fourth-order valence-electron chi connectivity index (χ4n) is 11.3. The Labute approximate surface area is 458 Å². The van der Waals surface area contributed by atoms with Gasteiger partial charge in [0.05, 0.1) is 42.8 Å². The van der Waals surface area contributed by atoms with Crippen molar-refractivity contribution in [3.05, 3.63) is 119 Å². The maximum Gasteiger partial charge on any atom is 0.350 e. The topological polar surface area (TPSA) is 294 Å². The Morgan fingerprint density at radius 3 is 1.81 bits per heavy atom. The molecule has 2 bridgehead atoms. The van der Waals surface area contributed by atoms with Crippen LogP contribution in [0.4, 0.5) is 0 Å². The lowest BCUT2D eigenvalue weighted by Crippen LogP contribution is -2.82. The lowest BCUT2D eigenvalue weighted by Gasteiger charge is -2.67. The third-order valence-electron chi connectivity index (χ3n) is 14.8. The first kappa shape index (κ1) is 61.3. The molecule has 3 N–H and O–H groups in total. The highest BCUT2D eigenvalue weighted by molar-refractivity contribution is 7.85. The molecule has 7 unspecified atom stereocenters. The molecule has 11 atom stereocenters. The highest BCUT2D eigenvalue weighted by Crippen LogP contribution is 2.65. The molecule has 79 heavy (non-hydrogen) atoms. The number of amides is 1. The van der Waals surface area contributed by atoms with Crippen LogP contribution in [-0.2, 0) is 72.0 Å². The van der Waals surface area contributed by atoms with Crippen molar-refractivity contribution in [1.82, 2.24) is 15.1 Å². The fraction of sp³-hybridized carbons (Fsp3) is 0.500. The molecule has 1 amide bonds. The van der Waals surface area contributed by atoms with Crippen LogP contribution < -0.4 is 5.32 Å². The van der Waals surface area contributed by atoms with Gasteiger partial charge in [0.1, 0.15) is 36.1 Å². The van der Waals surface area contributed by atoms with Gasteiger partial charge in [-0.15, -0.1) is 0 Å². The van der Waals surface area contributed by atoms with Crippen LogP contribution in [0.25, 0.3) is 0 Å². The van der Waals surface area contributed by atoms with Crippen LogP contribution in [0.3, 0.4) is 0 Å². The molecular weight excluding hydrogens is 1050 g/mol. The van der Waals surface area contributed by atoms with Gasteiger partial charge in [0, 0.05) is 37.7 Å². The Balaban J connectivity index is 0.00000193. The highest BCUT2D eigenvalue weighted by Gasteiger charge is 2.79. The number of Topliss-reactive ketones (excluding diaryl/α,β-unsaturated/α-hetero) is 1. The van der Waals surface area contributed by atoms with Gasteiger partial charge in [0.25, 0.3) is 16.0 Å². The first-order valence-corrected chi connectivity index (χ1v) is 27.1. The maximum absolute atomic E-state index is 16.2. The summed E-state index contributed by atoms with van der Waals surface area (Å²) in [5, 5.41) is 17.0. The molecule has 1 aliphatic heterocycles. The molecule has 22 nitrogen and oxygen atoms in total. The van der Waals surface area contributed by atoms with E-state index in [-0.39, 0.29) is 48.4 Å². The predicted octanol–water partition coefficient (Wildman–Crippen LogP) is 3.46. The number of rotatable bonds is 16. The van der Waals surface area contributed by atoms with Crippen molar-refractivity contribution >= 4 is 57.6 Å². The number of nitrogens with zero attached hydrogens (tertiary/aromatic N) is 2. The summed E-state index contributed by atoms with van der Waals surface area (Å²) in [6.45, 7) is 7.42. The van der Waals surface area contributed by atoms with E-state index in [1.807, 2.05) is 0 Å². The van der Waals surface area contributed by atoms with Gasteiger partial charge in [-0.1, -0.05) is 80.6 Å². The Hall–Kier alpha value is -6.89. The Morgan fingerprint density at radius 2 is 1.30 bits per heavy atom. The van der Waals surface area contributed by atoms with Crippen molar-refractivity contribution in [2.45, 2.75) is 108 Å². The highest BCUT2D eigenvalue weighted by atomic mass is 32.2. The number of aliphatic hydroxyl groups is 1. The SMILES string of the molecule is CC(=O)O[C@H]1C(=O)[C@@]2(C)C(C(OC(=O)c3ccccc3)[C@]3(O)CC(OC(=O)C(OC(=O)CN(C)C)C(NC(=O)c4ccccc4)c4ccccc4)C(C)=C1C3(C)C)C1(OC(C)=O)COC1C[C@@H]2OC(=O)CN(C)C.CS(=O)(=O)O. The van der Waals surface area contributed by atoms with Gasteiger partial charge in [-0.3, -0.25) is 43.1 Å². The Kier molecular flexibility index (Phi) is 18.8. The second kappa shape index (κ2) is 24.2. The number of carbonyl (C=O) groups is 8. The van der Waals surface area contributed by atoms with Crippen LogP contribution in [0, 0.1) is 16.7 Å². The van der Waals surface area contributed by atoms with Gasteiger partial charge < -0.3 is 43.6 Å². The van der Waals surface area contributed by atoms with E-state index in [1.54, 1.807) is 126 Å². The third-order valence-corrected chi connectivity index (χ3v) is 14.8. The van der Waals surface area contributed by atoms with Crippen LogP contribution in [0.15, 0.2) is 102 Å². The van der Waals surface area contributed by atoms with E-state index in [1.165, 1.54) is 30.9 Å². The maximum atomic E-state index is 16.2. The second-order valence-electron chi connectivity index (χ2n) is 21.5. The lowest BCUT2D eigenvalue weighted by atomic mass is 9.44. The molecule has 3 fully saturated rings. The third kappa shape index (κ3) is 13.2. The standard InChI is InChI=1S/C55H65N3O16.CH4O3S/c1-31-37(70-51(66)45(72-41(62)29-58(9)10)43(34-20-14-11-15-21-34)56-49(64)35-22-16-12-17-23-35)27-55(67)48(73-50(65)36-24-18-13-19-25-36)46-53(6,47(63)44(69-32(2)59)42(31)52(55,4)5)38(71-40(61)28-57(7)8)26-39-54(46,30-68-39)74-33(3)60;1-5(2,3)4/h11-25,37-39,43-46,48,67H,26-30H2,1-10H3,(H,56,64);1H3,(H,2,3,4)/t37?,38-,39?,43?,44+,45?,46?,48?,53+,54?,55+;/m0./s1. The molecule has 2 saturated carbocycles. The summed E-state index contributed by atoms with van der Waals surface area (Å²) in [5.74, 6) is -8.68. The van der Waals surface area contributed by atoms with E-state index in [0.717, 1.165) is 13.8 Å². The first-order chi connectivity index (χ1) is 36.8. The zero-order valence-electron chi connectivity index (χ0n) is 46.0. The van der Waals surface area contributed by atoms with Crippen LogP contribution in [0.5, 0.6) is 0 Å². The summed E-state index contributed by atoms with van der Waals surface area (Å²) in [5.41, 5.74) is -7.56. The molecule has 3 aliphatic carbocycles. The van der Waals surface area contributed by atoms with E-state index in [2.05, 4.69) is 5.32 Å². The van der Waals surface area contributed by atoms with Gasteiger partial charge >= 0.3 is 35.8 Å². The summed E-state index contributed by atoms with van der Waals surface area (Å²) in [6.07, 6.45) is -9.96. The summed E-state index contributed by atoms with van der Waals surface area (Å²) in [7, 11) is 2.84. The average Bonchev–Trinajstić information content (AvgIpc) is 3.02. The molecule has 0 spiro atoms. The van der Waals surface area contributed by atoms with Crippen LogP contribution in [-0.4, -0.2) is 177 Å². The van der Waals surface area contributed by atoms with E-state index in [4.69, 9.17) is 37.7 Å². The van der Waals surface area contributed by atoms with Crippen molar-refractivity contribution < 1.29 is 89.6 Å². The Morgan fingerprint density at radius 1 is 0.772 bits per heavy atom. The number of likely N-dealkylation sites (N-methyl/N-ethyl adjacent to an activating group) is 2. The van der Waals surface area contributed by atoms with Gasteiger partial charge in [-0.2, -0.15) is 8.42 Å². The van der Waals surface area contributed by atoms with Crippen molar-refractivity contribution in [2.24, 2.45) is 16.7 Å². The molecular formula is C56H69N3O19S. The van der Waals surface area contributed by atoms with Crippen molar-refractivity contribution in [3.63, 3.8) is 0 Å². The molecule has 3 aromatic carbocycles. The minimum absolute atomic E-state index is 0.0344. The van der Waals surface area contributed by atoms with Crippen molar-refractivity contribution in [3.8, 4) is 0 Å². The minimum Gasteiger partial charge on any atom is -0.460 e. The molecule has 3 aromatic rings. The Bertz CT molecular complexity index is 2930. The number of nitrogens with one attached hydrogen (secondary N) is 1. The number of ether oxygens (including phenoxy) is 7. The molecule has 428 valence electrons. The number of hydrogen-bond donors (Lipinski definition) is 3. The molecule has 0 radical (unpaired) electrons. The van der Waals surface area contributed by atoms with E-state index >= 15 is 9.59 Å². The smallest absolute Gasteiger partial charge is 0.350 e. The monoisotopic (exact) mass is 1120 g/mol. The lowest BCUT2D eigenvalue weighted by molar-refractivity contribution is -0.346. The number of hydrogen-bond acceptors (Lipinski definition) is 20. The van der Waals surface area contributed by atoms with Crippen LogP contribution >= 0.6 is 0 Å². The number of benzene rings is 3. The number of esters is 6. The molecule has 7 rings (SSSR count). The summed E-state index contributed by atoms with van der Waals surface area (Å²) in [4.78, 5) is 117.